The molecule has 1 aliphatic rings. The van der Waals surface area contributed by atoms with Crippen molar-refractivity contribution >= 4 is 23.5 Å². The second-order valence-corrected chi connectivity index (χ2v) is 4.50. The number of rotatable bonds is 3. The van der Waals surface area contributed by atoms with E-state index in [1.165, 1.54) is 12.6 Å². The summed E-state index contributed by atoms with van der Waals surface area (Å²) in [6, 6.07) is 0. The summed E-state index contributed by atoms with van der Waals surface area (Å²) in [6.45, 7) is 3.93. The Morgan fingerprint density at radius 1 is 1.44 bits per heavy atom. The first-order valence-corrected chi connectivity index (χ1v) is 6.54. The number of ether oxygens (including phenoxy) is 1. The zero-order valence-electron chi connectivity index (χ0n) is 10.4. The standard InChI is InChI=1S/C12H16ClN3O2/c1-2-18-11(17)9-8-14-12(15-10(9)13)16-6-4-3-5-7-16/h8H,2-7H2,1H3. The lowest BCUT2D eigenvalue weighted by Gasteiger charge is -2.26. The summed E-state index contributed by atoms with van der Waals surface area (Å²) in [7, 11) is 0. The average Bonchev–Trinajstić information content (AvgIpc) is 2.40. The summed E-state index contributed by atoms with van der Waals surface area (Å²) in [6.07, 6.45) is 4.96. The molecule has 1 fully saturated rings. The lowest BCUT2D eigenvalue weighted by atomic mass is 10.1. The Kier molecular flexibility index (Phi) is 4.36. The molecule has 5 nitrogen and oxygen atoms in total. The van der Waals surface area contributed by atoms with E-state index in [1.807, 2.05) is 0 Å². The largest absolute Gasteiger partial charge is 0.462 e. The van der Waals surface area contributed by atoms with Gasteiger partial charge in [-0.25, -0.2) is 14.8 Å². The Balaban J connectivity index is 2.16. The van der Waals surface area contributed by atoms with E-state index in [4.69, 9.17) is 16.3 Å². The van der Waals surface area contributed by atoms with Gasteiger partial charge >= 0.3 is 5.97 Å². The van der Waals surface area contributed by atoms with Gasteiger partial charge in [0.05, 0.1) is 6.61 Å². The van der Waals surface area contributed by atoms with Crippen molar-refractivity contribution in [2.75, 3.05) is 24.6 Å². The number of hydrogen-bond acceptors (Lipinski definition) is 5. The summed E-state index contributed by atoms with van der Waals surface area (Å²) in [5.74, 6) is 0.112. The second-order valence-electron chi connectivity index (χ2n) is 4.14. The zero-order valence-corrected chi connectivity index (χ0v) is 11.1. The highest BCUT2D eigenvalue weighted by Crippen LogP contribution is 2.20. The third-order valence-corrected chi connectivity index (χ3v) is 3.15. The maximum atomic E-state index is 11.6. The minimum Gasteiger partial charge on any atom is -0.462 e. The third-order valence-electron chi connectivity index (χ3n) is 2.86. The number of esters is 1. The highest BCUT2D eigenvalue weighted by Gasteiger charge is 2.18. The first-order valence-electron chi connectivity index (χ1n) is 6.17. The molecule has 1 aromatic heterocycles. The molecule has 0 unspecified atom stereocenters. The molecule has 2 heterocycles. The van der Waals surface area contributed by atoms with Crippen molar-refractivity contribution in [3.05, 3.63) is 16.9 Å². The molecule has 0 atom stereocenters. The monoisotopic (exact) mass is 269 g/mol. The first kappa shape index (κ1) is 13.1. The second kappa shape index (κ2) is 6.00. The van der Waals surface area contributed by atoms with Crippen molar-refractivity contribution in [3.8, 4) is 0 Å². The molecule has 0 aromatic carbocycles. The molecule has 98 valence electrons. The van der Waals surface area contributed by atoms with Crippen molar-refractivity contribution < 1.29 is 9.53 Å². The van der Waals surface area contributed by atoms with E-state index in [0.29, 0.717) is 12.6 Å². The van der Waals surface area contributed by atoms with Gasteiger partial charge in [-0.1, -0.05) is 11.6 Å². The predicted octanol–water partition coefficient (Wildman–Crippen LogP) is 2.30. The number of nitrogens with zero attached hydrogens (tertiary/aromatic N) is 3. The molecule has 2 rings (SSSR count). The van der Waals surface area contributed by atoms with Gasteiger partial charge in [-0.05, 0) is 26.2 Å². The summed E-state index contributed by atoms with van der Waals surface area (Å²) in [5, 5.41) is 0.157. The van der Waals surface area contributed by atoms with E-state index < -0.39 is 5.97 Å². The molecule has 0 amide bonds. The maximum Gasteiger partial charge on any atom is 0.342 e. The molecule has 1 aromatic rings. The molecule has 1 saturated heterocycles. The van der Waals surface area contributed by atoms with Crippen LogP contribution in [0.2, 0.25) is 5.15 Å². The van der Waals surface area contributed by atoms with Gasteiger partial charge in [0.1, 0.15) is 10.7 Å². The molecule has 0 spiro atoms. The lowest BCUT2D eigenvalue weighted by Crippen LogP contribution is -2.31. The fourth-order valence-corrected chi connectivity index (χ4v) is 2.15. The van der Waals surface area contributed by atoms with Gasteiger partial charge in [-0.3, -0.25) is 0 Å². The lowest BCUT2D eigenvalue weighted by molar-refractivity contribution is 0.0525. The van der Waals surface area contributed by atoms with Gasteiger partial charge in [0.15, 0.2) is 0 Å². The van der Waals surface area contributed by atoms with Gasteiger partial charge in [-0.15, -0.1) is 0 Å². The Hall–Kier alpha value is -1.36. The highest BCUT2D eigenvalue weighted by atomic mass is 35.5. The number of carbonyl (C=O) groups is 1. The Labute approximate surface area is 111 Å². The van der Waals surface area contributed by atoms with E-state index in [-0.39, 0.29) is 10.7 Å². The molecule has 6 heteroatoms. The smallest absolute Gasteiger partial charge is 0.342 e. The van der Waals surface area contributed by atoms with Crippen LogP contribution in [0.4, 0.5) is 5.95 Å². The van der Waals surface area contributed by atoms with Crippen molar-refractivity contribution in [2.45, 2.75) is 26.2 Å². The third kappa shape index (κ3) is 2.90. The van der Waals surface area contributed by atoms with Crippen LogP contribution in [-0.2, 0) is 4.74 Å². The summed E-state index contributed by atoms with van der Waals surface area (Å²) in [4.78, 5) is 22.0. The van der Waals surface area contributed by atoms with E-state index >= 15 is 0 Å². The quantitative estimate of drug-likeness (QED) is 0.622. The van der Waals surface area contributed by atoms with Gasteiger partial charge in [0.25, 0.3) is 0 Å². The molecule has 0 radical (unpaired) electrons. The SMILES string of the molecule is CCOC(=O)c1cnc(N2CCCCC2)nc1Cl. The topological polar surface area (TPSA) is 55.3 Å². The molecule has 1 aliphatic heterocycles. The first-order chi connectivity index (χ1) is 8.72. The van der Waals surface area contributed by atoms with Gasteiger partial charge in [0.2, 0.25) is 5.95 Å². The van der Waals surface area contributed by atoms with Gasteiger partial charge < -0.3 is 9.64 Å². The van der Waals surface area contributed by atoms with Crippen molar-refractivity contribution in [2.24, 2.45) is 0 Å². The van der Waals surface area contributed by atoms with E-state index in [2.05, 4.69) is 14.9 Å². The number of aromatic nitrogens is 2. The summed E-state index contributed by atoms with van der Waals surface area (Å²) < 4.78 is 4.88. The fourth-order valence-electron chi connectivity index (χ4n) is 1.94. The van der Waals surface area contributed by atoms with Crippen LogP contribution in [-0.4, -0.2) is 35.6 Å². The number of halogens is 1. The van der Waals surface area contributed by atoms with Crippen LogP contribution >= 0.6 is 11.6 Å². The van der Waals surface area contributed by atoms with Crippen molar-refractivity contribution in [3.63, 3.8) is 0 Å². The van der Waals surface area contributed by atoms with Crippen molar-refractivity contribution in [1.29, 1.82) is 0 Å². The van der Waals surface area contributed by atoms with Crippen LogP contribution in [0.25, 0.3) is 0 Å². The van der Waals surface area contributed by atoms with Crippen LogP contribution in [0.5, 0.6) is 0 Å². The zero-order chi connectivity index (χ0) is 13.0. The Morgan fingerprint density at radius 3 is 2.78 bits per heavy atom. The summed E-state index contributed by atoms with van der Waals surface area (Å²) in [5.41, 5.74) is 0.222. The number of hydrogen-bond donors (Lipinski definition) is 0. The molecule has 0 N–H and O–H groups in total. The van der Waals surface area contributed by atoms with Crippen molar-refractivity contribution in [1.82, 2.24) is 9.97 Å². The molecule has 0 aliphatic carbocycles. The molecule has 18 heavy (non-hydrogen) atoms. The van der Waals surface area contributed by atoms with Crippen LogP contribution in [0, 0.1) is 0 Å². The van der Waals surface area contributed by atoms with E-state index in [9.17, 15) is 4.79 Å². The summed E-state index contributed by atoms with van der Waals surface area (Å²) >= 11 is 6.00. The van der Waals surface area contributed by atoms with Crippen LogP contribution < -0.4 is 4.90 Å². The normalized spacial score (nSPS) is 15.6. The number of anilines is 1. The van der Waals surface area contributed by atoms with Crippen LogP contribution in [0.3, 0.4) is 0 Å². The minimum absolute atomic E-state index is 0.157. The maximum absolute atomic E-state index is 11.6. The number of piperidine rings is 1. The predicted molar refractivity (Wildman–Crippen MR) is 69.1 cm³/mol. The fraction of sp³-hybridized carbons (Fsp3) is 0.583. The molecule has 0 saturated carbocycles. The van der Waals surface area contributed by atoms with Crippen LogP contribution in [0.15, 0.2) is 6.20 Å². The van der Waals surface area contributed by atoms with Crippen LogP contribution in [0.1, 0.15) is 36.5 Å². The Bertz CT molecular complexity index is 433. The van der Waals surface area contributed by atoms with Gasteiger partial charge in [-0.2, -0.15) is 0 Å². The highest BCUT2D eigenvalue weighted by molar-refractivity contribution is 6.32. The van der Waals surface area contributed by atoms with E-state index in [1.54, 1.807) is 6.92 Å². The Morgan fingerprint density at radius 2 is 2.17 bits per heavy atom. The molecular formula is C12H16ClN3O2. The average molecular weight is 270 g/mol. The minimum atomic E-state index is -0.479. The molecule has 0 bridgehead atoms. The molecular weight excluding hydrogens is 254 g/mol. The van der Waals surface area contributed by atoms with E-state index in [0.717, 1.165) is 25.9 Å². The van der Waals surface area contributed by atoms with Gasteiger partial charge in [0, 0.05) is 19.3 Å². The number of carbonyl (C=O) groups excluding carboxylic acids is 1.